The summed E-state index contributed by atoms with van der Waals surface area (Å²) in [6.45, 7) is 10.5. The van der Waals surface area contributed by atoms with E-state index in [1.54, 1.807) is 11.1 Å². The molecule has 2 aliphatic rings. The number of fused-ring (bicyclic) bond motifs is 1. The number of carbonyl (C=O) groups excluding carboxylic acids is 1. The van der Waals surface area contributed by atoms with Crippen molar-refractivity contribution in [2.75, 3.05) is 36.8 Å². The summed E-state index contributed by atoms with van der Waals surface area (Å²) in [5, 5.41) is 9.49. The molecule has 0 spiro atoms. The van der Waals surface area contributed by atoms with Crippen LogP contribution in [0, 0.1) is 34.8 Å². The van der Waals surface area contributed by atoms with E-state index in [0.717, 1.165) is 0 Å². The van der Waals surface area contributed by atoms with Crippen molar-refractivity contribution in [1.29, 1.82) is 5.26 Å². The third kappa shape index (κ3) is 5.35. The van der Waals surface area contributed by atoms with Crippen LogP contribution < -0.4 is 16.2 Å². The number of nitriles is 1. The molecular weight excluding hydrogens is 647 g/mol. The summed E-state index contributed by atoms with van der Waals surface area (Å²) >= 11 is 19.2. The lowest BCUT2D eigenvalue weighted by Gasteiger charge is -2.37. The highest BCUT2D eigenvalue weighted by molar-refractivity contribution is 6.44. The Morgan fingerprint density at radius 2 is 1.84 bits per heavy atom. The Morgan fingerprint density at radius 3 is 2.44 bits per heavy atom. The van der Waals surface area contributed by atoms with Crippen LogP contribution in [-0.2, 0) is 4.79 Å². The number of anilines is 2. The molecule has 0 bridgehead atoms. The quantitative estimate of drug-likeness (QED) is 0.145. The van der Waals surface area contributed by atoms with Gasteiger partial charge < -0.3 is 15.5 Å². The van der Waals surface area contributed by atoms with E-state index >= 15 is 4.39 Å². The molecule has 45 heavy (non-hydrogen) atoms. The highest BCUT2D eigenvalue weighted by atomic mass is 35.5. The van der Waals surface area contributed by atoms with Crippen LogP contribution in [0.25, 0.3) is 22.3 Å². The highest BCUT2D eigenvalue weighted by Crippen LogP contribution is 2.44. The molecule has 0 saturated carbocycles. The second kappa shape index (κ2) is 12.4. The summed E-state index contributed by atoms with van der Waals surface area (Å²) in [6.07, 6.45) is 4.73. The molecule has 2 aliphatic heterocycles. The zero-order chi connectivity index (χ0) is 32.9. The fraction of sp³-hybridized carbons (Fsp3) is 0.323. The van der Waals surface area contributed by atoms with Gasteiger partial charge >= 0.3 is 0 Å². The Morgan fingerprint density at radius 1 is 1.18 bits per heavy atom. The summed E-state index contributed by atoms with van der Waals surface area (Å²) in [4.78, 5) is 39.4. The number of piperazine rings is 1. The maximum absolute atomic E-state index is 15.6. The first-order valence-corrected chi connectivity index (χ1v) is 15.2. The minimum absolute atomic E-state index is 0.0629. The third-order valence-corrected chi connectivity index (χ3v) is 9.24. The number of aromatic nitrogens is 2. The van der Waals surface area contributed by atoms with Gasteiger partial charge in [0.05, 0.1) is 38.1 Å². The zero-order valence-electron chi connectivity index (χ0n) is 24.5. The van der Waals surface area contributed by atoms with Crippen LogP contribution in [0.1, 0.15) is 32.4 Å². The van der Waals surface area contributed by atoms with Crippen molar-refractivity contribution < 1.29 is 13.6 Å². The second-order valence-electron chi connectivity index (χ2n) is 11.1. The minimum atomic E-state index is -1.23. The zero-order valence-corrected chi connectivity index (χ0v) is 26.8. The van der Waals surface area contributed by atoms with Crippen LogP contribution in [0.15, 0.2) is 40.8 Å². The number of rotatable bonds is 5. The molecule has 1 aromatic carbocycles. The first-order chi connectivity index (χ1) is 21.3. The van der Waals surface area contributed by atoms with Crippen LogP contribution in [0.5, 0.6) is 0 Å². The SMILES string of the molecule is C=CC(=O)N1CCN(c2c(C#N)c(=O)n([C@H]3C(C(C)C)=NC=C[C@H]3C)c3nc(-c4c(F)c(N)c(F)c(Cl)c4Cl)c(Cl)cc23)CC1. The number of amides is 1. The lowest BCUT2D eigenvalue weighted by molar-refractivity contribution is -0.126. The highest BCUT2D eigenvalue weighted by Gasteiger charge is 2.35. The lowest BCUT2D eigenvalue weighted by Crippen LogP contribution is -2.49. The number of benzene rings is 1. The molecule has 14 heteroatoms. The number of nitrogens with zero attached hydrogens (tertiary/aromatic N) is 6. The number of aliphatic imine (C=N–C) groups is 1. The van der Waals surface area contributed by atoms with Gasteiger partial charge in [-0.05, 0) is 18.1 Å². The smallest absolute Gasteiger partial charge is 0.272 e. The molecule has 1 amide bonds. The first kappa shape index (κ1) is 32.4. The van der Waals surface area contributed by atoms with Crippen molar-refractivity contribution in [1.82, 2.24) is 14.5 Å². The van der Waals surface area contributed by atoms with Crippen molar-refractivity contribution in [3.05, 3.63) is 73.6 Å². The van der Waals surface area contributed by atoms with Crippen LogP contribution in [0.2, 0.25) is 15.1 Å². The van der Waals surface area contributed by atoms with Gasteiger partial charge in [-0.15, -0.1) is 0 Å². The van der Waals surface area contributed by atoms with E-state index in [1.165, 1.54) is 16.7 Å². The fourth-order valence-electron chi connectivity index (χ4n) is 5.87. The van der Waals surface area contributed by atoms with Crippen LogP contribution >= 0.6 is 34.8 Å². The molecule has 0 radical (unpaired) electrons. The van der Waals surface area contributed by atoms with Crippen molar-refractivity contribution in [2.24, 2.45) is 16.8 Å². The van der Waals surface area contributed by atoms with E-state index in [9.17, 15) is 19.2 Å². The number of halogens is 5. The molecule has 0 aliphatic carbocycles. The topological polar surface area (TPSA) is 121 Å². The number of hydrogen-bond acceptors (Lipinski definition) is 7. The Balaban J connectivity index is 1.88. The van der Waals surface area contributed by atoms with Gasteiger partial charge in [-0.25, -0.2) is 13.8 Å². The van der Waals surface area contributed by atoms with Gasteiger partial charge in [0.15, 0.2) is 11.6 Å². The van der Waals surface area contributed by atoms with E-state index < -0.39 is 44.5 Å². The minimum Gasteiger partial charge on any atom is -0.394 e. The number of hydrogen-bond donors (Lipinski definition) is 1. The Hall–Kier alpha value is -3.98. The van der Waals surface area contributed by atoms with Gasteiger partial charge in [0, 0.05) is 49.4 Å². The molecule has 4 heterocycles. The van der Waals surface area contributed by atoms with Crippen molar-refractivity contribution in [3.63, 3.8) is 0 Å². The van der Waals surface area contributed by atoms with E-state index in [4.69, 9.17) is 45.5 Å². The second-order valence-corrected chi connectivity index (χ2v) is 12.3. The van der Waals surface area contributed by atoms with Crippen LogP contribution in [-0.4, -0.2) is 52.2 Å². The predicted molar refractivity (Wildman–Crippen MR) is 174 cm³/mol. The molecule has 2 aromatic heterocycles. The molecule has 5 rings (SSSR count). The lowest BCUT2D eigenvalue weighted by atomic mass is 9.88. The molecule has 0 unspecified atom stereocenters. The largest absolute Gasteiger partial charge is 0.394 e. The van der Waals surface area contributed by atoms with E-state index in [-0.39, 0.29) is 58.4 Å². The number of pyridine rings is 2. The molecule has 1 saturated heterocycles. The molecule has 2 N–H and O–H groups in total. The first-order valence-electron chi connectivity index (χ1n) is 14.0. The molecule has 1 fully saturated rings. The predicted octanol–water partition coefficient (Wildman–Crippen LogP) is 6.39. The Labute approximate surface area is 272 Å². The summed E-state index contributed by atoms with van der Waals surface area (Å²) < 4.78 is 31.4. The number of carbonyl (C=O) groups is 1. The maximum atomic E-state index is 15.6. The van der Waals surface area contributed by atoms with Gasteiger partial charge in [-0.3, -0.25) is 19.1 Å². The van der Waals surface area contributed by atoms with E-state index in [2.05, 4.69) is 17.6 Å². The number of nitrogens with two attached hydrogens (primary N) is 1. The van der Waals surface area contributed by atoms with Gasteiger partial charge in [-0.2, -0.15) is 5.26 Å². The maximum Gasteiger partial charge on any atom is 0.272 e. The fourth-order valence-corrected chi connectivity index (χ4v) is 6.56. The van der Waals surface area contributed by atoms with Gasteiger partial charge in [0.1, 0.15) is 23.0 Å². The third-order valence-electron chi connectivity index (χ3n) is 8.12. The summed E-state index contributed by atoms with van der Waals surface area (Å²) in [5.41, 5.74) is 4.33. The average Bonchev–Trinajstić information content (AvgIpc) is 3.02. The molecule has 2 atom stereocenters. The van der Waals surface area contributed by atoms with Crippen LogP contribution in [0.4, 0.5) is 20.2 Å². The average molecular weight is 675 g/mol. The molecular formula is C31H28Cl3F2N7O2. The molecule has 3 aromatic rings. The Bertz CT molecular complexity index is 1900. The van der Waals surface area contributed by atoms with Crippen molar-refractivity contribution >= 4 is 68.8 Å². The van der Waals surface area contributed by atoms with Gasteiger partial charge in [0.25, 0.3) is 5.56 Å². The summed E-state index contributed by atoms with van der Waals surface area (Å²) in [7, 11) is 0. The Kier molecular flexibility index (Phi) is 8.95. The summed E-state index contributed by atoms with van der Waals surface area (Å²) in [6, 6.07) is 2.88. The standard InChI is InChI=1S/C31H28Cl3F2N7O2/c1-5-19(44)41-8-10-42(11-9-41)29-16-12-18(32)27(20-21(33)22(34)24(36)25(38)23(20)35)40-30(16)43(31(45)17(29)13-37)28-15(4)6-7-39-26(28)14(2)3/h5-7,12,14-15,28H,1,8-11,38H2,2-4H3/t15-,28-/m1/s1. The van der Waals surface area contributed by atoms with Gasteiger partial charge in [-0.1, -0.05) is 68.2 Å². The van der Waals surface area contributed by atoms with Gasteiger partial charge in [0.2, 0.25) is 5.91 Å². The monoisotopic (exact) mass is 673 g/mol. The number of allylic oxidation sites excluding steroid dienone is 1. The van der Waals surface area contributed by atoms with E-state index in [1.807, 2.05) is 31.7 Å². The molecule has 234 valence electrons. The molecule has 9 nitrogen and oxygen atoms in total. The van der Waals surface area contributed by atoms with Crippen LogP contribution in [0.3, 0.4) is 0 Å². The number of nitrogen functional groups attached to an aromatic ring is 1. The van der Waals surface area contributed by atoms with Crippen molar-refractivity contribution in [3.8, 4) is 17.3 Å². The normalized spacial score (nSPS) is 18.4. The summed E-state index contributed by atoms with van der Waals surface area (Å²) in [5.74, 6) is -3.05. The van der Waals surface area contributed by atoms with E-state index in [0.29, 0.717) is 24.2 Å². The van der Waals surface area contributed by atoms with Crippen molar-refractivity contribution in [2.45, 2.75) is 26.8 Å².